The molecule has 2 radical (unpaired) electrons. The van der Waals surface area contributed by atoms with Crippen molar-refractivity contribution in [1.82, 2.24) is 14.8 Å². The van der Waals surface area contributed by atoms with Gasteiger partial charge in [-0.05, 0) is 35.4 Å². The third kappa shape index (κ3) is 3.62. The van der Waals surface area contributed by atoms with Gasteiger partial charge in [-0.1, -0.05) is 24.3 Å². The highest BCUT2D eigenvalue weighted by atomic mass is 28.2. The quantitative estimate of drug-likeness (QED) is 0.512. The van der Waals surface area contributed by atoms with E-state index in [-0.39, 0.29) is 23.0 Å². The van der Waals surface area contributed by atoms with Crippen molar-refractivity contribution in [2.24, 2.45) is 0 Å². The van der Waals surface area contributed by atoms with Crippen LogP contribution in [-0.2, 0) is 6.17 Å². The summed E-state index contributed by atoms with van der Waals surface area (Å²) in [4.78, 5) is 14.8. The normalized spacial score (nSPS) is 11.0. The molecule has 0 aliphatic carbocycles. The molecule has 3 aromatic rings. The lowest BCUT2D eigenvalue weighted by Crippen LogP contribution is -2.18. The maximum atomic E-state index is 13.2. The molecule has 1 aromatic heterocycles. The number of aldehydes is 1. The summed E-state index contributed by atoms with van der Waals surface area (Å²) in [6, 6.07) is 12.5. The van der Waals surface area contributed by atoms with Gasteiger partial charge < -0.3 is 0 Å². The topological polar surface area (TPSA) is 47.8 Å². The van der Waals surface area contributed by atoms with E-state index in [1.807, 2.05) is 0 Å². The van der Waals surface area contributed by atoms with Crippen molar-refractivity contribution >= 4 is 15.8 Å². The molecule has 0 atom stereocenters. The molecule has 0 unspecified atom stereocenters. The van der Waals surface area contributed by atoms with E-state index in [0.29, 0.717) is 22.0 Å². The van der Waals surface area contributed by atoms with E-state index in [2.05, 4.69) is 10.1 Å². The van der Waals surface area contributed by atoms with Gasteiger partial charge in [0.05, 0.1) is 9.52 Å². The molecule has 0 saturated heterocycles. The van der Waals surface area contributed by atoms with Crippen LogP contribution >= 0.6 is 0 Å². The van der Waals surface area contributed by atoms with E-state index >= 15 is 0 Å². The Hall–Kier alpha value is -2.67. The number of hydrogen-bond acceptors (Lipinski definition) is 3. The predicted octanol–water partition coefficient (Wildman–Crippen LogP) is 2.82. The molecule has 0 saturated carbocycles. The highest BCUT2D eigenvalue weighted by Gasteiger charge is 2.17. The second-order valence-electron chi connectivity index (χ2n) is 5.13. The first-order chi connectivity index (χ1) is 11.7. The van der Waals surface area contributed by atoms with Crippen molar-refractivity contribution < 1.29 is 13.6 Å². The molecule has 0 bridgehead atoms. The van der Waals surface area contributed by atoms with E-state index in [1.54, 1.807) is 24.3 Å². The van der Waals surface area contributed by atoms with Crippen LogP contribution in [0.5, 0.6) is 0 Å². The first-order valence-corrected chi connectivity index (χ1v) is 8.53. The van der Waals surface area contributed by atoms with Gasteiger partial charge in [0.15, 0.2) is 12.1 Å². The van der Waals surface area contributed by atoms with Crippen LogP contribution in [0, 0.1) is 11.6 Å². The summed E-state index contributed by atoms with van der Waals surface area (Å²) in [5.41, 5.74) is 1.80. The average Bonchev–Trinajstić information content (AvgIpc) is 3.05. The van der Waals surface area contributed by atoms with E-state index in [0.717, 1.165) is 11.1 Å². The summed E-state index contributed by atoms with van der Waals surface area (Å²) in [5.74, 6) is -0.349. The lowest BCUT2D eigenvalue weighted by Gasteiger charge is -2.17. The lowest BCUT2D eigenvalue weighted by atomic mass is 10.0. The van der Waals surface area contributed by atoms with E-state index in [1.165, 1.54) is 35.3 Å². The number of rotatable bonds is 6. The number of carbonyl (C=O) groups excluding carboxylic acids is 1. The highest BCUT2D eigenvalue weighted by Crippen LogP contribution is 2.24. The van der Waals surface area contributed by atoms with Crippen molar-refractivity contribution in [3.63, 3.8) is 0 Å². The van der Waals surface area contributed by atoms with Crippen LogP contribution in [0.25, 0.3) is 0 Å². The minimum atomic E-state index is -0.306. The molecule has 0 aliphatic heterocycles. The first kappa shape index (κ1) is 16.2. The van der Waals surface area contributed by atoms with Gasteiger partial charge in [-0.15, -0.1) is 0 Å². The monoisotopic (exact) mass is 341 g/mol. The molecule has 0 fully saturated rings. The van der Waals surface area contributed by atoms with Crippen molar-refractivity contribution in [3.8, 4) is 0 Å². The molecule has 120 valence electrons. The number of halogens is 2. The Balaban J connectivity index is 1.88. The standard InChI is InChI=1S/C17H13F2N3OSi/c18-14-5-1-12(2-6-14)17(13-3-7-15(19)8-4-13)24-11-22-16(9-23)20-10-21-22/h1-10,17H,11H2. The van der Waals surface area contributed by atoms with Gasteiger partial charge in [0.1, 0.15) is 18.0 Å². The number of hydrogen-bond donors (Lipinski definition) is 0. The maximum Gasteiger partial charge on any atom is 0.190 e. The zero-order valence-electron chi connectivity index (χ0n) is 12.6. The van der Waals surface area contributed by atoms with Crippen molar-refractivity contribution in [1.29, 1.82) is 0 Å². The van der Waals surface area contributed by atoms with Crippen LogP contribution < -0.4 is 0 Å². The summed E-state index contributed by atoms with van der Waals surface area (Å²) in [5, 5.41) is 4.04. The maximum absolute atomic E-state index is 13.2. The molecule has 4 nitrogen and oxygen atoms in total. The average molecular weight is 341 g/mol. The lowest BCUT2D eigenvalue weighted by molar-refractivity contribution is 0.111. The van der Waals surface area contributed by atoms with Gasteiger partial charge in [0.2, 0.25) is 0 Å². The molecule has 0 N–H and O–H groups in total. The van der Waals surface area contributed by atoms with Gasteiger partial charge in [0.25, 0.3) is 0 Å². The second-order valence-corrected chi connectivity index (χ2v) is 6.44. The Kier molecular flexibility index (Phi) is 4.90. The molecule has 24 heavy (non-hydrogen) atoms. The summed E-state index contributed by atoms with van der Waals surface area (Å²) < 4.78 is 27.9. The molecule has 1 heterocycles. The Labute approximate surface area is 140 Å². The molecular weight excluding hydrogens is 328 g/mol. The van der Waals surface area contributed by atoms with Gasteiger partial charge >= 0.3 is 0 Å². The summed E-state index contributed by atoms with van der Waals surface area (Å²) in [6.45, 7) is 0. The van der Waals surface area contributed by atoms with Crippen molar-refractivity contribution in [3.05, 3.63) is 83.4 Å². The highest BCUT2D eigenvalue weighted by molar-refractivity contribution is 6.37. The minimum Gasteiger partial charge on any atom is -0.294 e. The molecule has 0 spiro atoms. The van der Waals surface area contributed by atoms with Gasteiger partial charge in [0, 0.05) is 11.7 Å². The van der Waals surface area contributed by atoms with Crippen LogP contribution in [0.15, 0.2) is 54.9 Å². The van der Waals surface area contributed by atoms with E-state index in [4.69, 9.17) is 0 Å². The van der Waals surface area contributed by atoms with E-state index in [9.17, 15) is 13.6 Å². The zero-order valence-corrected chi connectivity index (χ0v) is 13.6. The molecular formula is C17H13F2N3OSi. The summed E-state index contributed by atoms with van der Waals surface area (Å²) >= 11 is 0. The van der Waals surface area contributed by atoms with E-state index < -0.39 is 0 Å². The molecule has 2 aromatic carbocycles. The largest absolute Gasteiger partial charge is 0.294 e. The van der Waals surface area contributed by atoms with Crippen molar-refractivity contribution in [2.75, 3.05) is 0 Å². The SMILES string of the molecule is O=Cc1ncnn1C[Si]C(c1ccc(F)cc1)c1ccc(F)cc1. The molecule has 3 rings (SSSR count). The molecule has 7 heteroatoms. The summed E-state index contributed by atoms with van der Waals surface area (Å²) in [7, 11) is 0.322. The third-order valence-electron chi connectivity index (χ3n) is 3.60. The second kappa shape index (κ2) is 7.27. The Bertz CT molecular complexity index is 773. The summed E-state index contributed by atoms with van der Waals surface area (Å²) in [6.07, 6.45) is 2.48. The smallest absolute Gasteiger partial charge is 0.190 e. The first-order valence-electron chi connectivity index (χ1n) is 7.24. The Morgan fingerprint density at radius 1 is 1.00 bits per heavy atom. The third-order valence-corrected chi connectivity index (χ3v) is 5.16. The fraction of sp³-hybridized carbons (Fsp3) is 0.118. The number of nitrogens with zero attached hydrogens (tertiary/aromatic N) is 3. The minimum absolute atomic E-state index is 0.0464. The molecule has 0 aliphatic rings. The van der Waals surface area contributed by atoms with Gasteiger partial charge in [-0.2, -0.15) is 5.10 Å². The van der Waals surface area contributed by atoms with Gasteiger partial charge in [-0.3, -0.25) is 4.79 Å². The number of benzene rings is 2. The Morgan fingerprint density at radius 2 is 1.54 bits per heavy atom. The number of aromatic nitrogens is 3. The fourth-order valence-electron chi connectivity index (χ4n) is 2.40. The van der Waals surface area contributed by atoms with Gasteiger partial charge in [-0.25, -0.2) is 18.4 Å². The zero-order chi connectivity index (χ0) is 16.9. The molecule has 0 amide bonds. The predicted molar refractivity (Wildman–Crippen MR) is 85.8 cm³/mol. The fourth-order valence-corrected chi connectivity index (χ4v) is 3.86. The Morgan fingerprint density at radius 3 is 2.04 bits per heavy atom. The van der Waals surface area contributed by atoms with Crippen molar-refractivity contribution in [2.45, 2.75) is 11.7 Å². The van der Waals surface area contributed by atoms with Crippen LogP contribution in [0.2, 0.25) is 0 Å². The van der Waals surface area contributed by atoms with Crippen LogP contribution in [0.4, 0.5) is 8.78 Å². The van der Waals surface area contributed by atoms with Crippen LogP contribution in [0.3, 0.4) is 0 Å². The van der Waals surface area contributed by atoms with Crippen LogP contribution in [0.1, 0.15) is 27.3 Å². The van der Waals surface area contributed by atoms with Crippen LogP contribution in [-0.4, -0.2) is 30.6 Å². The number of carbonyl (C=O) groups is 1.